The normalized spacial score (nSPS) is 11.9. The predicted octanol–water partition coefficient (Wildman–Crippen LogP) is 4.64. The van der Waals surface area contributed by atoms with Crippen LogP contribution in [-0.4, -0.2) is 77.3 Å². The number of hydrogen-bond donors (Lipinski definition) is 4. The van der Waals surface area contributed by atoms with Gasteiger partial charge in [-0.05, 0) is 72.1 Å². The summed E-state index contributed by atoms with van der Waals surface area (Å²) >= 11 is 0. The first-order chi connectivity index (χ1) is 17.2. The number of allylic oxidation sites excluding steroid dienone is 4. The van der Waals surface area contributed by atoms with Crippen molar-refractivity contribution in [3.63, 3.8) is 0 Å². The number of rotatable bonds is 27. The van der Waals surface area contributed by atoms with Gasteiger partial charge in [-0.1, -0.05) is 63.3 Å². The van der Waals surface area contributed by atoms with Gasteiger partial charge in [0.05, 0.1) is 0 Å². The van der Waals surface area contributed by atoms with Crippen LogP contribution in [0.1, 0.15) is 90.4 Å². The molecule has 35 heavy (non-hydrogen) atoms. The van der Waals surface area contributed by atoms with Crippen LogP contribution in [0.4, 0.5) is 0 Å². The Morgan fingerprint density at radius 3 is 2.03 bits per heavy atom. The van der Waals surface area contributed by atoms with Crippen molar-refractivity contribution in [3.05, 3.63) is 24.3 Å². The highest BCUT2D eigenvalue weighted by Crippen LogP contribution is 2.08. The molecule has 0 unspecified atom stereocenters. The number of likely N-dealkylation sites (N-methyl/N-ethyl adjacent to an activating group) is 2. The average molecular weight is 494 g/mol. The highest BCUT2D eigenvalue weighted by molar-refractivity contribution is 5.75. The quantitative estimate of drug-likeness (QED) is 0.0992. The SMILES string of the molecule is CCCCC/C=C\C/C=C\CCCCCCCC(=O)NCCN(CCCNCCNC)CCNC. The lowest BCUT2D eigenvalue weighted by Crippen LogP contribution is -2.39. The average Bonchev–Trinajstić information content (AvgIpc) is 2.86. The molecule has 0 aliphatic heterocycles. The van der Waals surface area contributed by atoms with E-state index in [1.807, 2.05) is 14.1 Å². The van der Waals surface area contributed by atoms with Crippen molar-refractivity contribution in [2.75, 3.05) is 66.5 Å². The van der Waals surface area contributed by atoms with Crippen molar-refractivity contribution < 1.29 is 4.79 Å². The van der Waals surface area contributed by atoms with Crippen LogP contribution in [0.25, 0.3) is 0 Å². The Bertz CT molecular complexity index is 495. The summed E-state index contributed by atoms with van der Waals surface area (Å²) in [6.07, 6.45) is 24.4. The molecule has 1 amide bonds. The Morgan fingerprint density at radius 1 is 0.657 bits per heavy atom. The number of nitrogens with zero attached hydrogens (tertiary/aromatic N) is 1. The molecule has 0 spiro atoms. The lowest BCUT2D eigenvalue weighted by atomic mass is 10.1. The van der Waals surface area contributed by atoms with Crippen LogP contribution in [0.3, 0.4) is 0 Å². The monoisotopic (exact) mass is 493 g/mol. The second-order valence-corrected chi connectivity index (χ2v) is 9.48. The molecule has 0 atom stereocenters. The van der Waals surface area contributed by atoms with E-state index in [4.69, 9.17) is 0 Å². The van der Waals surface area contributed by atoms with Gasteiger partial charge in [0.15, 0.2) is 0 Å². The molecule has 0 saturated heterocycles. The largest absolute Gasteiger partial charge is 0.355 e. The van der Waals surface area contributed by atoms with Crippen molar-refractivity contribution in [3.8, 4) is 0 Å². The Balaban J connectivity index is 3.62. The van der Waals surface area contributed by atoms with E-state index in [0.717, 1.165) is 78.0 Å². The zero-order valence-corrected chi connectivity index (χ0v) is 23.5. The van der Waals surface area contributed by atoms with Crippen molar-refractivity contribution in [1.29, 1.82) is 0 Å². The summed E-state index contributed by atoms with van der Waals surface area (Å²) in [7, 11) is 3.97. The maximum absolute atomic E-state index is 12.2. The molecule has 6 nitrogen and oxygen atoms in total. The summed E-state index contributed by atoms with van der Waals surface area (Å²) in [6, 6.07) is 0. The summed E-state index contributed by atoms with van der Waals surface area (Å²) in [5.41, 5.74) is 0. The minimum atomic E-state index is 0.206. The second-order valence-electron chi connectivity index (χ2n) is 9.48. The summed E-state index contributed by atoms with van der Waals surface area (Å²) < 4.78 is 0. The predicted molar refractivity (Wildman–Crippen MR) is 154 cm³/mol. The molecule has 6 heteroatoms. The van der Waals surface area contributed by atoms with Gasteiger partial charge in [0.2, 0.25) is 5.91 Å². The molecule has 0 aromatic heterocycles. The number of carbonyl (C=O) groups is 1. The Kier molecular flexibility index (Phi) is 28.0. The summed E-state index contributed by atoms with van der Waals surface area (Å²) in [6.45, 7) is 10.0. The number of carbonyl (C=O) groups excluding carboxylic acids is 1. The number of hydrogen-bond acceptors (Lipinski definition) is 5. The number of unbranched alkanes of at least 4 members (excludes halogenated alkanes) is 8. The first-order valence-corrected chi connectivity index (χ1v) is 14.5. The molecule has 0 aromatic carbocycles. The third-order valence-electron chi connectivity index (χ3n) is 6.16. The molecule has 206 valence electrons. The second kappa shape index (κ2) is 29.0. The summed E-state index contributed by atoms with van der Waals surface area (Å²) in [5.74, 6) is 0.206. The molecule has 0 heterocycles. The molecule has 0 aliphatic carbocycles. The Labute approximate surface area is 218 Å². The zero-order chi connectivity index (χ0) is 25.7. The first-order valence-electron chi connectivity index (χ1n) is 14.5. The number of amides is 1. The van der Waals surface area contributed by atoms with Crippen molar-refractivity contribution in [2.24, 2.45) is 0 Å². The van der Waals surface area contributed by atoms with Gasteiger partial charge in [-0.3, -0.25) is 4.79 Å². The van der Waals surface area contributed by atoms with Gasteiger partial charge in [-0.15, -0.1) is 0 Å². The highest BCUT2D eigenvalue weighted by atomic mass is 16.1. The van der Waals surface area contributed by atoms with Crippen LogP contribution < -0.4 is 21.3 Å². The molecule has 0 aliphatic rings. The lowest BCUT2D eigenvalue weighted by Gasteiger charge is -2.22. The Hall–Kier alpha value is -1.21. The molecular weight excluding hydrogens is 434 g/mol. The molecule has 0 fully saturated rings. The van der Waals surface area contributed by atoms with Crippen molar-refractivity contribution in [2.45, 2.75) is 90.4 Å². The van der Waals surface area contributed by atoms with E-state index in [1.165, 1.54) is 51.4 Å². The van der Waals surface area contributed by atoms with Gasteiger partial charge < -0.3 is 26.2 Å². The van der Waals surface area contributed by atoms with Crippen LogP contribution in [0.5, 0.6) is 0 Å². The fourth-order valence-electron chi connectivity index (χ4n) is 3.91. The van der Waals surface area contributed by atoms with Crippen molar-refractivity contribution in [1.82, 2.24) is 26.2 Å². The summed E-state index contributed by atoms with van der Waals surface area (Å²) in [5, 5.41) is 13.0. The maximum atomic E-state index is 12.2. The molecule has 0 radical (unpaired) electrons. The molecule has 0 bridgehead atoms. The topological polar surface area (TPSA) is 68.4 Å². The lowest BCUT2D eigenvalue weighted by molar-refractivity contribution is -0.121. The standard InChI is InChI=1S/C29H59N5O/c1-4-5-6-7-8-9-10-11-12-13-14-15-16-17-18-20-29(35)33-25-28-34(27-24-31-3)26-19-21-32-23-22-30-2/h8-9,11-12,30-32H,4-7,10,13-28H2,1-3H3,(H,33,35)/b9-8-,12-11-. The van der Waals surface area contributed by atoms with Crippen molar-refractivity contribution >= 4 is 5.91 Å². The first kappa shape index (κ1) is 33.8. The van der Waals surface area contributed by atoms with Gasteiger partial charge in [0.1, 0.15) is 0 Å². The van der Waals surface area contributed by atoms with Crippen LogP contribution in [-0.2, 0) is 4.79 Å². The molecular formula is C29H59N5O. The minimum absolute atomic E-state index is 0.206. The van der Waals surface area contributed by atoms with Crippen LogP contribution in [0, 0.1) is 0 Å². The third kappa shape index (κ3) is 27.2. The van der Waals surface area contributed by atoms with E-state index in [9.17, 15) is 4.79 Å². The smallest absolute Gasteiger partial charge is 0.220 e. The molecule has 0 aromatic rings. The van der Waals surface area contributed by atoms with Gasteiger partial charge in [0, 0.05) is 45.7 Å². The van der Waals surface area contributed by atoms with E-state index >= 15 is 0 Å². The van der Waals surface area contributed by atoms with Gasteiger partial charge in [0.25, 0.3) is 0 Å². The van der Waals surface area contributed by atoms with Gasteiger partial charge >= 0.3 is 0 Å². The number of nitrogens with one attached hydrogen (secondary N) is 4. The highest BCUT2D eigenvalue weighted by Gasteiger charge is 2.06. The van der Waals surface area contributed by atoms with E-state index in [-0.39, 0.29) is 5.91 Å². The zero-order valence-electron chi connectivity index (χ0n) is 23.5. The van der Waals surface area contributed by atoms with Gasteiger partial charge in [-0.2, -0.15) is 0 Å². The summed E-state index contributed by atoms with van der Waals surface area (Å²) in [4.78, 5) is 14.6. The van der Waals surface area contributed by atoms with E-state index < -0.39 is 0 Å². The van der Waals surface area contributed by atoms with E-state index in [1.54, 1.807) is 0 Å². The van der Waals surface area contributed by atoms with Crippen LogP contribution in [0.15, 0.2) is 24.3 Å². The fraction of sp³-hybridized carbons (Fsp3) is 0.828. The molecule has 4 N–H and O–H groups in total. The van der Waals surface area contributed by atoms with Gasteiger partial charge in [-0.25, -0.2) is 0 Å². The minimum Gasteiger partial charge on any atom is -0.355 e. The molecule has 0 saturated carbocycles. The molecule has 0 rings (SSSR count). The Morgan fingerprint density at radius 2 is 1.31 bits per heavy atom. The van der Waals surface area contributed by atoms with Crippen LogP contribution in [0.2, 0.25) is 0 Å². The van der Waals surface area contributed by atoms with E-state index in [0.29, 0.717) is 6.42 Å². The maximum Gasteiger partial charge on any atom is 0.220 e. The van der Waals surface area contributed by atoms with Crippen LogP contribution >= 0.6 is 0 Å². The third-order valence-corrected chi connectivity index (χ3v) is 6.16. The fourth-order valence-corrected chi connectivity index (χ4v) is 3.91. The van der Waals surface area contributed by atoms with E-state index in [2.05, 4.69) is 57.4 Å².